The Bertz CT molecular complexity index is 935. The highest BCUT2D eigenvalue weighted by molar-refractivity contribution is 6.33. The van der Waals surface area contributed by atoms with E-state index < -0.39 is 42.5 Å². The molecule has 2 aromatic rings. The third-order valence-corrected chi connectivity index (χ3v) is 4.11. The van der Waals surface area contributed by atoms with E-state index in [1.165, 1.54) is 27.1 Å². The van der Waals surface area contributed by atoms with Crippen molar-refractivity contribution in [3.63, 3.8) is 0 Å². The maximum Gasteiger partial charge on any atom is 0.303 e. The average molecular weight is 429 g/mol. The van der Waals surface area contributed by atoms with Gasteiger partial charge in [-0.1, -0.05) is 11.6 Å². The van der Waals surface area contributed by atoms with Gasteiger partial charge in [0.05, 0.1) is 0 Å². The van der Waals surface area contributed by atoms with Gasteiger partial charge in [0.2, 0.25) is 12.4 Å². The predicted molar refractivity (Wildman–Crippen MR) is 93.7 cm³/mol. The molecule has 0 saturated carbocycles. The van der Waals surface area contributed by atoms with Crippen LogP contribution in [0.4, 0.5) is 0 Å². The minimum atomic E-state index is -1.23. The Labute approximate surface area is 168 Å². The fraction of sp³-hybridized carbons (Fsp3) is 0.500. The molecule has 0 amide bonds. The van der Waals surface area contributed by atoms with Crippen LogP contribution < -0.4 is 4.74 Å². The summed E-state index contributed by atoms with van der Waals surface area (Å²) in [5.74, 6) is -1.86. The fourth-order valence-electron chi connectivity index (χ4n) is 2.75. The number of ether oxygens (including phenoxy) is 5. The molecule has 1 aliphatic rings. The van der Waals surface area contributed by atoms with Gasteiger partial charge in [-0.2, -0.15) is 0 Å². The Morgan fingerprint density at radius 2 is 1.79 bits per heavy atom. The summed E-state index contributed by atoms with van der Waals surface area (Å²) in [6.07, 6.45) is -3.19. The molecular formula is C16H17ClN4O8. The monoisotopic (exact) mass is 428 g/mol. The zero-order chi connectivity index (χ0) is 21.1. The molecule has 1 saturated heterocycles. The van der Waals surface area contributed by atoms with Gasteiger partial charge in [-0.15, -0.1) is 5.10 Å². The quantitative estimate of drug-likeness (QED) is 0.389. The van der Waals surface area contributed by atoms with Crippen molar-refractivity contribution in [1.29, 1.82) is 0 Å². The topological polar surface area (TPSA) is 152 Å². The number of nitrogens with zero attached hydrogens (tertiary/aromatic N) is 3. The second-order valence-electron chi connectivity index (χ2n) is 6.03. The van der Waals surface area contributed by atoms with Crippen molar-refractivity contribution < 1.29 is 38.1 Å². The van der Waals surface area contributed by atoms with Crippen molar-refractivity contribution in [1.82, 2.24) is 20.2 Å². The number of H-pyrrole nitrogens is 1. The summed E-state index contributed by atoms with van der Waals surface area (Å²) in [5.41, 5.74) is 0.599. The summed E-state index contributed by atoms with van der Waals surface area (Å²) in [6, 6.07) is 0. The highest BCUT2D eigenvalue weighted by atomic mass is 35.5. The lowest BCUT2D eigenvalue weighted by molar-refractivity contribution is -0.171. The number of aromatic amines is 1. The van der Waals surface area contributed by atoms with Gasteiger partial charge in [0.25, 0.3) is 5.88 Å². The van der Waals surface area contributed by atoms with Crippen molar-refractivity contribution in [3.05, 3.63) is 11.5 Å². The molecule has 4 atom stereocenters. The van der Waals surface area contributed by atoms with Gasteiger partial charge in [0, 0.05) is 20.8 Å². The second kappa shape index (κ2) is 8.57. The van der Waals surface area contributed by atoms with E-state index in [9.17, 15) is 14.4 Å². The molecule has 1 fully saturated rings. The molecule has 0 spiro atoms. The standard InChI is InChI=1S/C16H17ClN4O8/c1-6(22)25-4-9-12(26-7(2)23)13(27-8(3)24)16(28-9)29-15-11-10(20-21-15)14(17)19-5-18-11/h5,9,12-13,16H,4H2,1-3H3,(H,20,21)/t9-,12-,13-,16+/m1/s1. The van der Waals surface area contributed by atoms with Crippen LogP contribution in [0.3, 0.4) is 0 Å². The number of fused-ring (bicyclic) bond motifs is 1. The SMILES string of the molecule is CC(=O)OC[C@H]1O[C@@H](Oc2n[nH]c3c(Cl)ncnc23)[C@H](OC(C)=O)[C@@H]1OC(C)=O. The van der Waals surface area contributed by atoms with Gasteiger partial charge < -0.3 is 23.7 Å². The molecule has 3 rings (SSSR count). The number of carbonyl (C=O) groups excluding carboxylic acids is 3. The van der Waals surface area contributed by atoms with Crippen LogP contribution in [0, 0.1) is 0 Å². The summed E-state index contributed by atoms with van der Waals surface area (Å²) >= 11 is 5.97. The van der Waals surface area contributed by atoms with E-state index in [0.29, 0.717) is 5.52 Å². The molecule has 0 unspecified atom stereocenters. The van der Waals surface area contributed by atoms with E-state index in [-0.39, 0.29) is 23.2 Å². The van der Waals surface area contributed by atoms with Gasteiger partial charge >= 0.3 is 17.9 Å². The van der Waals surface area contributed by atoms with Crippen molar-refractivity contribution in [2.75, 3.05) is 6.61 Å². The molecule has 0 radical (unpaired) electrons. The number of esters is 3. The molecule has 1 N–H and O–H groups in total. The molecule has 29 heavy (non-hydrogen) atoms. The number of halogens is 1. The number of nitrogens with one attached hydrogen (secondary N) is 1. The molecule has 0 bridgehead atoms. The first-order valence-corrected chi connectivity index (χ1v) is 8.78. The highest BCUT2D eigenvalue weighted by Crippen LogP contribution is 2.32. The number of aromatic nitrogens is 4. The van der Waals surface area contributed by atoms with Crippen LogP contribution in [-0.4, -0.2) is 69.3 Å². The normalized spacial score (nSPS) is 23.6. The zero-order valence-electron chi connectivity index (χ0n) is 15.6. The minimum absolute atomic E-state index is 0.00108. The fourth-order valence-corrected chi connectivity index (χ4v) is 2.92. The summed E-state index contributed by atoms with van der Waals surface area (Å²) in [4.78, 5) is 42.2. The summed E-state index contributed by atoms with van der Waals surface area (Å²) < 4.78 is 26.9. The lowest BCUT2D eigenvalue weighted by Gasteiger charge is -2.22. The largest absolute Gasteiger partial charge is 0.463 e. The second-order valence-corrected chi connectivity index (χ2v) is 6.39. The lowest BCUT2D eigenvalue weighted by Crippen LogP contribution is -2.42. The van der Waals surface area contributed by atoms with E-state index in [1.54, 1.807) is 0 Å². The summed E-state index contributed by atoms with van der Waals surface area (Å²) in [7, 11) is 0. The predicted octanol–water partition coefficient (Wildman–Crippen LogP) is 0.536. The summed E-state index contributed by atoms with van der Waals surface area (Å²) in [6.45, 7) is 3.33. The summed E-state index contributed by atoms with van der Waals surface area (Å²) in [5, 5.41) is 6.73. The van der Waals surface area contributed by atoms with Gasteiger partial charge in [-0.05, 0) is 0 Å². The molecule has 0 aliphatic carbocycles. The Hall–Kier alpha value is -2.99. The van der Waals surface area contributed by atoms with Crippen LogP contribution in [-0.2, 0) is 33.3 Å². The van der Waals surface area contributed by atoms with Crippen LogP contribution in [0.25, 0.3) is 11.0 Å². The average Bonchev–Trinajstić information content (AvgIpc) is 3.17. The Kier molecular flexibility index (Phi) is 6.13. The minimum Gasteiger partial charge on any atom is -0.463 e. The maximum atomic E-state index is 11.6. The van der Waals surface area contributed by atoms with Crippen LogP contribution >= 0.6 is 11.6 Å². The van der Waals surface area contributed by atoms with Crippen molar-refractivity contribution in [2.24, 2.45) is 0 Å². The van der Waals surface area contributed by atoms with E-state index >= 15 is 0 Å². The Morgan fingerprint density at radius 3 is 2.45 bits per heavy atom. The first kappa shape index (κ1) is 20.7. The van der Waals surface area contributed by atoms with Crippen LogP contribution in [0.2, 0.25) is 5.15 Å². The van der Waals surface area contributed by atoms with Crippen molar-refractivity contribution >= 4 is 40.5 Å². The molecule has 13 heteroatoms. The third kappa shape index (κ3) is 4.71. The Morgan fingerprint density at radius 1 is 1.10 bits per heavy atom. The molecule has 1 aliphatic heterocycles. The molecule has 0 aromatic carbocycles. The maximum absolute atomic E-state index is 11.6. The first-order chi connectivity index (χ1) is 13.8. The molecule has 156 valence electrons. The molecule has 3 heterocycles. The van der Waals surface area contributed by atoms with Crippen molar-refractivity contribution in [3.8, 4) is 5.88 Å². The first-order valence-electron chi connectivity index (χ1n) is 8.40. The zero-order valence-corrected chi connectivity index (χ0v) is 16.3. The number of hydrogen-bond acceptors (Lipinski definition) is 11. The smallest absolute Gasteiger partial charge is 0.303 e. The van der Waals surface area contributed by atoms with Crippen molar-refractivity contribution in [2.45, 2.75) is 45.4 Å². The molecule has 12 nitrogen and oxygen atoms in total. The van der Waals surface area contributed by atoms with Gasteiger partial charge in [0.1, 0.15) is 24.6 Å². The highest BCUT2D eigenvalue weighted by Gasteiger charge is 2.51. The van der Waals surface area contributed by atoms with Crippen LogP contribution in [0.5, 0.6) is 5.88 Å². The number of carbonyl (C=O) groups is 3. The van der Waals surface area contributed by atoms with E-state index in [4.69, 9.17) is 35.3 Å². The van der Waals surface area contributed by atoms with Crippen LogP contribution in [0.1, 0.15) is 20.8 Å². The van der Waals surface area contributed by atoms with E-state index in [1.807, 2.05) is 0 Å². The number of hydrogen-bond donors (Lipinski definition) is 1. The third-order valence-electron chi connectivity index (χ3n) is 3.82. The number of rotatable bonds is 6. The van der Waals surface area contributed by atoms with E-state index in [0.717, 1.165) is 0 Å². The van der Waals surface area contributed by atoms with Crippen LogP contribution in [0.15, 0.2) is 6.33 Å². The van der Waals surface area contributed by atoms with Gasteiger partial charge in [-0.25, -0.2) is 9.97 Å². The van der Waals surface area contributed by atoms with E-state index in [2.05, 4.69) is 20.2 Å². The molecule has 2 aromatic heterocycles. The Balaban J connectivity index is 1.89. The van der Waals surface area contributed by atoms with Gasteiger partial charge in [-0.3, -0.25) is 19.5 Å². The lowest BCUT2D eigenvalue weighted by atomic mass is 10.1. The molecular weight excluding hydrogens is 412 g/mol. The van der Waals surface area contributed by atoms with Gasteiger partial charge in [0.15, 0.2) is 16.8 Å².